The number of aliphatic hydroxyl groups excluding tert-OH is 1. The highest BCUT2D eigenvalue weighted by atomic mass is 32.2. The van der Waals surface area contributed by atoms with Gasteiger partial charge in [0.15, 0.2) is 9.84 Å². The average molecular weight is 198 g/mol. The maximum atomic E-state index is 11.4. The summed E-state index contributed by atoms with van der Waals surface area (Å²) in [5, 5.41) is 9.43. The SMILES string of the molecule is O=S(=O)(/C=C/CO)c1ccccc1. The van der Waals surface area contributed by atoms with Gasteiger partial charge in [-0.25, -0.2) is 8.42 Å². The monoisotopic (exact) mass is 198 g/mol. The van der Waals surface area contributed by atoms with E-state index >= 15 is 0 Å². The molecule has 0 saturated heterocycles. The van der Waals surface area contributed by atoms with Crippen molar-refractivity contribution >= 4 is 9.84 Å². The smallest absolute Gasteiger partial charge is 0.199 e. The first-order chi connectivity index (χ1) is 6.17. The van der Waals surface area contributed by atoms with Gasteiger partial charge in [0.2, 0.25) is 0 Å². The number of hydrogen-bond donors (Lipinski definition) is 1. The van der Waals surface area contributed by atoms with Crippen molar-refractivity contribution in [2.45, 2.75) is 4.90 Å². The van der Waals surface area contributed by atoms with Crippen LogP contribution in [0, 0.1) is 0 Å². The van der Waals surface area contributed by atoms with Crippen molar-refractivity contribution in [1.82, 2.24) is 0 Å². The van der Waals surface area contributed by atoms with Crippen molar-refractivity contribution in [3.63, 3.8) is 0 Å². The Kier molecular flexibility index (Phi) is 3.22. The Balaban J connectivity index is 3.02. The predicted molar refractivity (Wildman–Crippen MR) is 49.9 cm³/mol. The van der Waals surface area contributed by atoms with Crippen LogP contribution in [0.25, 0.3) is 0 Å². The first-order valence-electron chi connectivity index (χ1n) is 3.74. The molecule has 0 bridgehead atoms. The molecule has 0 aromatic heterocycles. The molecular formula is C9H10O3S. The molecule has 3 nitrogen and oxygen atoms in total. The molecule has 0 aliphatic carbocycles. The highest BCUT2D eigenvalue weighted by Crippen LogP contribution is 2.10. The molecule has 1 rings (SSSR count). The molecule has 0 atom stereocenters. The third kappa shape index (κ3) is 2.68. The summed E-state index contributed by atoms with van der Waals surface area (Å²) < 4.78 is 22.8. The van der Waals surface area contributed by atoms with E-state index in [2.05, 4.69) is 0 Å². The van der Waals surface area contributed by atoms with Crippen molar-refractivity contribution < 1.29 is 13.5 Å². The molecule has 1 aromatic rings. The quantitative estimate of drug-likeness (QED) is 0.787. The molecular weight excluding hydrogens is 188 g/mol. The van der Waals surface area contributed by atoms with Crippen LogP contribution < -0.4 is 0 Å². The number of sulfone groups is 1. The van der Waals surface area contributed by atoms with Crippen LogP contribution in [-0.2, 0) is 9.84 Å². The van der Waals surface area contributed by atoms with Crippen molar-refractivity contribution in [1.29, 1.82) is 0 Å². The van der Waals surface area contributed by atoms with Gasteiger partial charge in [-0.1, -0.05) is 18.2 Å². The highest BCUT2D eigenvalue weighted by molar-refractivity contribution is 7.94. The first kappa shape index (κ1) is 9.95. The summed E-state index contributed by atoms with van der Waals surface area (Å²) in [6, 6.07) is 8.07. The highest BCUT2D eigenvalue weighted by Gasteiger charge is 2.07. The van der Waals surface area contributed by atoms with Gasteiger partial charge < -0.3 is 5.11 Å². The third-order valence-corrected chi connectivity index (χ3v) is 2.93. The van der Waals surface area contributed by atoms with Gasteiger partial charge in [-0.15, -0.1) is 0 Å². The summed E-state index contributed by atoms with van der Waals surface area (Å²) in [5.41, 5.74) is 0. The average Bonchev–Trinajstić information content (AvgIpc) is 2.16. The normalized spacial score (nSPS) is 12.1. The molecule has 0 saturated carbocycles. The van der Waals surface area contributed by atoms with Crippen LogP contribution in [0.3, 0.4) is 0 Å². The Morgan fingerprint density at radius 1 is 1.23 bits per heavy atom. The fourth-order valence-electron chi connectivity index (χ4n) is 0.858. The van der Waals surface area contributed by atoms with Crippen LogP contribution >= 0.6 is 0 Å². The maximum absolute atomic E-state index is 11.4. The predicted octanol–water partition coefficient (Wildman–Crippen LogP) is 0.966. The van der Waals surface area contributed by atoms with Crippen molar-refractivity contribution in [2.24, 2.45) is 0 Å². The van der Waals surface area contributed by atoms with E-state index < -0.39 is 9.84 Å². The molecule has 1 N–H and O–H groups in total. The van der Waals surface area contributed by atoms with Crippen LogP contribution in [0.15, 0.2) is 46.7 Å². The second-order valence-corrected chi connectivity index (χ2v) is 4.25. The molecule has 0 unspecified atom stereocenters. The molecule has 13 heavy (non-hydrogen) atoms. The van der Waals surface area contributed by atoms with Crippen molar-refractivity contribution in [3.8, 4) is 0 Å². The Labute approximate surface area is 77.3 Å². The van der Waals surface area contributed by atoms with E-state index in [0.717, 1.165) is 5.41 Å². The summed E-state index contributed by atoms with van der Waals surface area (Å²) in [6.07, 6.45) is 1.20. The minimum absolute atomic E-state index is 0.236. The summed E-state index contributed by atoms with van der Waals surface area (Å²) in [4.78, 5) is 0.236. The van der Waals surface area contributed by atoms with Crippen LogP contribution in [0.1, 0.15) is 0 Å². The minimum Gasteiger partial charge on any atom is -0.392 e. The van der Waals surface area contributed by atoms with Gasteiger partial charge >= 0.3 is 0 Å². The Morgan fingerprint density at radius 2 is 1.85 bits per heavy atom. The van der Waals surface area contributed by atoms with Gasteiger partial charge in [-0.3, -0.25) is 0 Å². The van der Waals surface area contributed by atoms with E-state index in [0.29, 0.717) is 0 Å². The number of hydrogen-bond acceptors (Lipinski definition) is 3. The van der Waals surface area contributed by atoms with Gasteiger partial charge in [0, 0.05) is 5.41 Å². The number of benzene rings is 1. The molecule has 0 aliphatic heterocycles. The van der Waals surface area contributed by atoms with Crippen LogP contribution in [0.4, 0.5) is 0 Å². The number of aliphatic hydroxyl groups is 1. The zero-order chi connectivity index (χ0) is 9.73. The van der Waals surface area contributed by atoms with Crippen LogP contribution in [-0.4, -0.2) is 20.1 Å². The topological polar surface area (TPSA) is 54.4 Å². The third-order valence-electron chi connectivity index (χ3n) is 1.45. The standard InChI is InChI=1S/C9H10O3S/c10-7-4-8-13(11,12)9-5-2-1-3-6-9/h1-6,8,10H,7H2/b8-4+. The zero-order valence-electron chi connectivity index (χ0n) is 6.92. The molecule has 0 amide bonds. The summed E-state index contributed by atoms with van der Waals surface area (Å²) in [7, 11) is -3.36. The Morgan fingerprint density at radius 3 is 2.38 bits per heavy atom. The Bertz CT molecular complexity index is 379. The fourth-order valence-corrected chi connectivity index (χ4v) is 1.89. The maximum Gasteiger partial charge on any atom is 0.199 e. The van der Waals surface area contributed by atoms with Gasteiger partial charge in [-0.2, -0.15) is 0 Å². The van der Waals surface area contributed by atoms with E-state index in [4.69, 9.17) is 5.11 Å². The summed E-state index contributed by atoms with van der Waals surface area (Å²) in [6.45, 7) is -0.272. The van der Waals surface area contributed by atoms with Crippen molar-refractivity contribution in [2.75, 3.05) is 6.61 Å². The molecule has 0 radical (unpaired) electrons. The van der Waals surface area contributed by atoms with Crippen molar-refractivity contribution in [3.05, 3.63) is 41.8 Å². The minimum atomic E-state index is -3.36. The molecule has 70 valence electrons. The van der Waals surface area contributed by atoms with E-state index in [-0.39, 0.29) is 11.5 Å². The fraction of sp³-hybridized carbons (Fsp3) is 0.111. The zero-order valence-corrected chi connectivity index (χ0v) is 7.74. The lowest BCUT2D eigenvalue weighted by atomic mass is 10.4. The molecule has 1 aromatic carbocycles. The summed E-state index contributed by atoms with van der Waals surface area (Å²) >= 11 is 0. The number of rotatable bonds is 3. The van der Waals surface area contributed by atoms with Gasteiger partial charge in [-0.05, 0) is 18.2 Å². The molecule has 4 heteroatoms. The molecule has 0 heterocycles. The van der Waals surface area contributed by atoms with E-state index in [1.807, 2.05) is 0 Å². The van der Waals surface area contributed by atoms with E-state index in [1.165, 1.54) is 18.2 Å². The van der Waals surface area contributed by atoms with E-state index in [9.17, 15) is 8.42 Å². The second kappa shape index (κ2) is 4.20. The molecule has 0 spiro atoms. The van der Waals surface area contributed by atoms with Crippen LogP contribution in [0.5, 0.6) is 0 Å². The lowest BCUT2D eigenvalue weighted by Gasteiger charge is -1.96. The summed E-state index contributed by atoms with van der Waals surface area (Å²) in [5.74, 6) is 0. The largest absolute Gasteiger partial charge is 0.392 e. The van der Waals surface area contributed by atoms with Gasteiger partial charge in [0.25, 0.3) is 0 Å². The lowest BCUT2D eigenvalue weighted by molar-refractivity contribution is 0.343. The van der Waals surface area contributed by atoms with E-state index in [1.54, 1.807) is 18.2 Å². The molecule has 0 fully saturated rings. The van der Waals surface area contributed by atoms with Gasteiger partial charge in [0.1, 0.15) is 0 Å². The molecule has 0 aliphatic rings. The second-order valence-electron chi connectivity index (χ2n) is 2.41. The first-order valence-corrected chi connectivity index (χ1v) is 5.29. The lowest BCUT2D eigenvalue weighted by Crippen LogP contribution is -1.95. The van der Waals surface area contributed by atoms with Crippen LogP contribution in [0.2, 0.25) is 0 Å². The van der Waals surface area contributed by atoms with Gasteiger partial charge in [0.05, 0.1) is 11.5 Å². The Hall–Kier alpha value is -1.13.